The summed E-state index contributed by atoms with van der Waals surface area (Å²) in [4.78, 5) is 4.59. The Morgan fingerprint density at radius 1 is 1.15 bits per heavy atom. The Labute approximate surface area is 117 Å². The van der Waals surface area contributed by atoms with Gasteiger partial charge in [-0.05, 0) is 36.5 Å². The Morgan fingerprint density at radius 3 is 3.10 bits per heavy atom. The normalized spacial score (nSPS) is 17.9. The number of hydrogen-bond donors (Lipinski definition) is 1. The number of benzene rings is 1. The molecule has 3 aromatic rings. The van der Waals surface area contributed by atoms with E-state index in [0.717, 1.165) is 17.9 Å². The van der Waals surface area contributed by atoms with E-state index in [1.807, 2.05) is 18.3 Å². The molecule has 2 heterocycles. The second kappa shape index (κ2) is 4.63. The van der Waals surface area contributed by atoms with Gasteiger partial charge in [0.1, 0.15) is 5.82 Å². The first-order valence-electron chi connectivity index (χ1n) is 7.05. The smallest absolute Gasteiger partial charge is 0.157 e. The van der Waals surface area contributed by atoms with Crippen molar-refractivity contribution in [2.24, 2.45) is 0 Å². The van der Waals surface area contributed by atoms with E-state index >= 15 is 0 Å². The Kier molecular flexibility index (Phi) is 2.66. The quantitative estimate of drug-likeness (QED) is 0.772. The van der Waals surface area contributed by atoms with E-state index in [4.69, 9.17) is 0 Å². The van der Waals surface area contributed by atoms with E-state index in [1.54, 1.807) is 10.7 Å². The van der Waals surface area contributed by atoms with Crippen LogP contribution in [0.15, 0.2) is 48.8 Å². The van der Waals surface area contributed by atoms with Crippen LogP contribution in [0.3, 0.4) is 0 Å². The van der Waals surface area contributed by atoms with Crippen molar-refractivity contribution in [2.75, 3.05) is 5.32 Å². The molecule has 4 heteroatoms. The fraction of sp³-hybridized carbons (Fsp3) is 0.250. The van der Waals surface area contributed by atoms with Gasteiger partial charge in [-0.3, -0.25) is 0 Å². The Bertz CT molecular complexity index is 747. The largest absolute Gasteiger partial charge is 0.363 e. The van der Waals surface area contributed by atoms with Crippen LogP contribution in [0.2, 0.25) is 0 Å². The van der Waals surface area contributed by atoms with Gasteiger partial charge in [0.25, 0.3) is 0 Å². The molecule has 0 bridgehead atoms. The number of anilines is 1. The number of hydrogen-bond acceptors (Lipinski definition) is 3. The van der Waals surface area contributed by atoms with Crippen molar-refractivity contribution in [3.05, 3.63) is 59.9 Å². The number of nitrogens with zero attached hydrogens (tertiary/aromatic N) is 3. The van der Waals surface area contributed by atoms with Crippen molar-refractivity contribution in [1.82, 2.24) is 14.6 Å². The summed E-state index contributed by atoms with van der Waals surface area (Å²) in [5.74, 6) is 0.916. The molecule has 1 aliphatic rings. The summed E-state index contributed by atoms with van der Waals surface area (Å²) in [6, 6.07) is 13.0. The van der Waals surface area contributed by atoms with Gasteiger partial charge in [0.2, 0.25) is 0 Å². The van der Waals surface area contributed by atoms with Gasteiger partial charge >= 0.3 is 0 Å². The highest BCUT2D eigenvalue weighted by molar-refractivity contribution is 5.48. The van der Waals surface area contributed by atoms with Crippen molar-refractivity contribution in [3.8, 4) is 0 Å². The van der Waals surface area contributed by atoms with Crippen LogP contribution >= 0.6 is 0 Å². The van der Waals surface area contributed by atoms with E-state index in [-0.39, 0.29) is 0 Å². The topological polar surface area (TPSA) is 42.2 Å². The molecule has 2 aromatic heterocycles. The highest BCUT2D eigenvalue weighted by atomic mass is 15.2. The standard InChI is InChI=1S/C16H16N4/c1-2-6-13-12(4-1)5-3-7-14(13)18-15-9-11-20-16(19-15)8-10-17-20/h1-2,4,6,8-11,14H,3,5,7H2,(H,18,19). The molecule has 0 saturated carbocycles. The number of rotatable bonds is 2. The molecule has 1 unspecified atom stereocenters. The van der Waals surface area contributed by atoms with Crippen molar-refractivity contribution >= 4 is 11.5 Å². The van der Waals surface area contributed by atoms with Crippen LogP contribution in [0.5, 0.6) is 0 Å². The molecule has 100 valence electrons. The summed E-state index contributed by atoms with van der Waals surface area (Å²) >= 11 is 0. The molecule has 0 spiro atoms. The fourth-order valence-electron chi connectivity index (χ4n) is 2.98. The van der Waals surface area contributed by atoms with E-state index in [0.29, 0.717) is 6.04 Å². The van der Waals surface area contributed by atoms with Gasteiger partial charge in [-0.2, -0.15) is 5.10 Å². The first-order valence-corrected chi connectivity index (χ1v) is 7.05. The van der Waals surface area contributed by atoms with Gasteiger partial charge in [0.15, 0.2) is 5.65 Å². The molecule has 4 nitrogen and oxygen atoms in total. The van der Waals surface area contributed by atoms with E-state index < -0.39 is 0 Å². The van der Waals surface area contributed by atoms with Crippen molar-refractivity contribution in [1.29, 1.82) is 0 Å². The Morgan fingerprint density at radius 2 is 2.10 bits per heavy atom. The zero-order valence-corrected chi connectivity index (χ0v) is 11.2. The molecular weight excluding hydrogens is 248 g/mol. The van der Waals surface area contributed by atoms with Gasteiger partial charge in [0, 0.05) is 12.3 Å². The number of fused-ring (bicyclic) bond motifs is 2. The summed E-state index contributed by atoms with van der Waals surface area (Å²) in [6.07, 6.45) is 7.28. The minimum absolute atomic E-state index is 0.359. The van der Waals surface area contributed by atoms with Crippen LogP contribution in [0.1, 0.15) is 30.0 Å². The average molecular weight is 264 g/mol. The second-order valence-corrected chi connectivity index (χ2v) is 5.23. The van der Waals surface area contributed by atoms with Crippen LogP contribution in [0.4, 0.5) is 5.82 Å². The molecule has 1 N–H and O–H groups in total. The summed E-state index contributed by atoms with van der Waals surface area (Å²) < 4.78 is 1.78. The van der Waals surface area contributed by atoms with Gasteiger partial charge in [0.05, 0.1) is 12.2 Å². The van der Waals surface area contributed by atoms with Gasteiger partial charge in [-0.1, -0.05) is 24.3 Å². The molecule has 1 aromatic carbocycles. The molecule has 4 rings (SSSR count). The highest BCUT2D eigenvalue weighted by Gasteiger charge is 2.19. The lowest BCUT2D eigenvalue weighted by Gasteiger charge is -2.26. The maximum absolute atomic E-state index is 4.59. The predicted octanol–water partition coefficient (Wildman–Crippen LogP) is 3.22. The third-order valence-electron chi connectivity index (χ3n) is 3.95. The lowest BCUT2D eigenvalue weighted by atomic mass is 9.88. The van der Waals surface area contributed by atoms with Gasteiger partial charge in [-0.15, -0.1) is 0 Å². The second-order valence-electron chi connectivity index (χ2n) is 5.23. The van der Waals surface area contributed by atoms with E-state index in [9.17, 15) is 0 Å². The lowest BCUT2D eigenvalue weighted by Crippen LogP contribution is -2.18. The third kappa shape index (κ3) is 1.93. The van der Waals surface area contributed by atoms with Crippen molar-refractivity contribution in [3.63, 3.8) is 0 Å². The summed E-state index contributed by atoms with van der Waals surface area (Å²) in [7, 11) is 0. The molecule has 0 amide bonds. The SMILES string of the molecule is c1ccc2c(c1)CCCC2Nc1ccn2nccc2n1. The molecule has 0 saturated heterocycles. The van der Waals surface area contributed by atoms with Gasteiger partial charge in [-0.25, -0.2) is 9.50 Å². The van der Waals surface area contributed by atoms with Crippen molar-refractivity contribution < 1.29 is 0 Å². The number of aromatic nitrogens is 3. The molecule has 0 radical (unpaired) electrons. The third-order valence-corrected chi connectivity index (χ3v) is 3.95. The maximum atomic E-state index is 4.59. The Hall–Kier alpha value is -2.36. The van der Waals surface area contributed by atoms with E-state index in [1.165, 1.54) is 24.0 Å². The molecule has 1 atom stereocenters. The van der Waals surface area contributed by atoms with Crippen LogP contribution in [-0.4, -0.2) is 14.6 Å². The van der Waals surface area contributed by atoms with Crippen LogP contribution < -0.4 is 5.32 Å². The fourth-order valence-corrected chi connectivity index (χ4v) is 2.98. The molecule has 0 aliphatic heterocycles. The first kappa shape index (κ1) is 11.5. The molecule has 1 aliphatic carbocycles. The maximum Gasteiger partial charge on any atom is 0.157 e. The summed E-state index contributed by atoms with van der Waals surface area (Å²) in [5.41, 5.74) is 3.75. The van der Waals surface area contributed by atoms with Crippen LogP contribution in [0.25, 0.3) is 5.65 Å². The number of aryl methyl sites for hydroxylation is 1. The highest BCUT2D eigenvalue weighted by Crippen LogP contribution is 2.31. The van der Waals surface area contributed by atoms with Crippen LogP contribution in [0, 0.1) is 0 Å². The first-order chi connectivity index (χ1) is 9.90. The monoisotopic (exact) mass is 264 g/mol. The zero-order chi connectivity index (χ0) is 13.4. The molecule has 20 heavy (non-hydrogen) atoms. The van der Waals surface area contributed by atoms with Crippen molar-refractivity contribution in [2.45, 2.75) is 25.3 Å². The Balaban J connectivity index is 1.66. The minimum atomic E-state index is 0.359. The molecular formula is C16H16N4. The summed E-state index contributed by atoms with van der Waals surface area (Å²) in [5, 5.41) is 7.74. The minimum Gasteiger partial charge on any atom is -0.363 e. The van der Waals surface area contributed by atoms with Gasteiger partial charge < -0.3 is 5.32 Å². The number of nitrogens with one attached hydrogen (secondary N) is 1. The molecule has 0 fully saturated rings. The lowest BCUT2D eigenvalue weighted by molar-refractivity contribution is 0.598. The summed E-state index contributed by atoms with van der Waals surface area (Å²) in [6.45, 7) is 0. The predicted molar refractivity (Wildman–Crippen MR) is 78.7 cm³/mol. The van der Waals surface area contributed by atoms with Crippen LogP contribution in [-0.2, 0) is 6.42 Å². The average Bonchev–Trinajstić information content (AvgIpc) is 2.95. The zero-order valence-electron chi connectivity index (χ0n) is 11.2. The van der Waals surface area contributed by atoms with E-state index in [2.05, 4.69) is 39.7 Å².